The maximum Gasteiger partial charge on any atom is 0.224 e. The molecule has 1 heterocycles. The van der Waals surface area contributed by atoms with E-state index in [0.29, 0.717) is 31.1 Å². The third-order valence-corrected chi connectivity index (χ3v) is 6.52. The van der Waals surface area contributed by atoms with Gasteiger partial charge in [-0.1, -0.05) is 36.8 Å². The lowest BCUT2D eigenvalue weighted by Gasteiger charge is -2.11. The van der Waals surface area contributed by atoms with Crippen LogP contribution in [-0.4, -0.2) is 42.8 Å². The van der Waals surface area contributed by atoms with Crippen LogP contribution >= 0.6 is 0 Å². The summed E-state index contributed by atoms with van der Waals surface area (Å²) in [5.74, 6) is 3.27. The van der Waals surface area contributed by atoms with Gasteiger partial charge in [0, 0.05) is 13.0 Å². The number of fused-ring (bicyclic) bond motifs is 1. The van der Waals surface area contributed by atoms with Crippen molar-refractivity contribution in [3.8, 4) is 17.2 Å². The second kappa shape index (κ2) is 13.5. The minimum atomic E-state index is 0.00706. The number of carbonyl (C=O) groups is 1. The van der Waals surface area contributed by atoms with E-state index < -0.39 is 0 Å². The van der Waals surface area contributed by atoms with Gasteiger partial charge in [-0.2, -0.15) is 0 Å². The van der Waals surface area contributed by atoms with E-state index in [-0.39, 0.29) is 5.91 Å². The monoisotopic (exact) mass is 515 g/mol. The number of aryl methyl sites for hydroxylation is 2. The molecule has 0 radical (unpaired) electrons. The molecule has 0 saturated heterocycles. The Morgan fingerprint density at radius 3 is 2.58 bits per heavy atom. The molecule has 0 saturated carbocycles. The number of amides is 1. The van der Waals surface area contributed by atoms with Gasteiger partial charge in [-0.3, -0.25) is 4.79 Å². The van der Waals surface area contributed by atoms with Gasteiger partial charge in [0.2, 0.25) is 5.91 Å². The quantitative estimate of drug-likeness (QED) is 0.224. The molecule has 0 aliphatic rings. The van der Waals surface area contributed by atoms with Crippen LogP contribution in [0.3, 0.4) is 0 Å². The summed E-state index contributed by atoms with van der Waals surface area (Å²) >= 11 is 0. The number of unbranched alkanes of at least 4 members (excludes halogenated alkanes) is 2. The van der Waals surface area contributed by atoms with Crippen molar-refractivity contribution in [2.24, 2.45) is 0 Å². The Bertz CT molecular complexity index is 1350. The lowest BCUT2D eigenvalue weighted by molar-refractivity contribution is -0.120. The van der Waals surface area contributed by atoms with Gasteiger partial charge in [-0.15, -0.1) is 0 Å². The number of carbonyl (C=O) groups excluding carboxylic acids is 1. The molecule has 0 bridgehead atoms. The highest BCUT2D eigenvalue weighted by Crippen LogP contribution is 2.27. The minimum Gasteiger partial charge on any atom is -0.493 e. The first-order valence-electron chi connectivity index (χ1n) is 13.2. The SMILES string of the molecule is COc1ccc(CC(=O)NCCCCCc2nc3ccccc3n2CCOc2cccc(C)c2)cc1OC. The van der Waals surface area contributed by atoms with E-state index in [1.807, 2.05) is 36.4 Å². The summed E-state index contributed by atoms with van der Waals surface area (Å²) in [6.45, 7) is 4.06. The van der Waals surface area contributed by atoms with Gasteiger partial charge in [-0.25, -0.2) is 4.98 Å². The van der Waals surface area contributed by atoms with Crippen molar-refractivity contribution in [1.29, 1.82) is 0 Å². The molecule has 4 aromatic rings. The molecular weight excluding hydrogens is 478 g/mol. The van der Waals surface area contributed by atoms with Crippen LogP contribution in [0.4, 0.5) is 0 Å². The molecule has 0 spiro atoms. The fraction of sp³-hybridized carbons (Fsp3) is 0.355. The molecule has 0 unspecified atom stereocenters. The van der Waals surface area contributed by atoms with Gasteiger partial charge >= 0.3 is 0 Å². The Labute approximate surface area is 224 Å². The number of benzene rings is 3. The van der Waals surface area contributed by atoms with Crippen LogP contribution < -0.4 is 19.5 Å². The number of hydrogen-bond acceptors (Lipinski definition) is 5. The lowest BCUT2D eigenvalue weighted by atomic mass is 10.1. The molecule has 7 nitrogen and oxygen atoms in total. The number of nitrogens with zero attached hydrogens (tertiary/aromatic N) is 2. The average molecular weight is 516 g/mol. The van der Waals surface area contributed by atoms with Crippen molar-refractivity contribution in [2.75, 3.05) is 27.4 Å². The number of imidazole rings is 1. The molecule has 4 rings (SSSR count). The van der Waals surface area contributed by atoms with E-state index in [1.54, 1.807) is 14.2 Å². The van der Waals surface area contributed by atoms with Gasteiger partial charge in [0.1, 0.15) is 18.2 Å². The highest BCUT2D eigenvalue weighted by atomic mass is 16.5. The molecule has 0 aliphatic heterocycles. The highest BCUT2D eigenvalue weighted by molar-refractivity contribution is 5.78. The average Bonchev–Trinajstić information content (AvgIpc) is 3.28. The van der Waals surface area contributed by atoms with Crippen LogP contribution in [0.5, 0.6) is 17.2 Å². The van der Waals surface area contributed by atoms with Crippen LogP contribution in [0.15, 0.2) is 66.7 Å². The summed E-state index contributed by atoms with van der Waals surface area (Å²) in [5.41, 5.74) is 4.23. The summed E-state index contributed by atoms with van der Waals surface area (Å²) in [4.78, 5) is 17.3. The Morgan fingerprint density at radius 2 is 1.76 bits per heavy atom. The van der Waals surface area contributed by atoms with E-state index in [0.717, 1.165) is 60.4 Å². The third-order valence-electron chi connectivity index (χ3n) is 6.52. The molecule has 0 atom stereocenters. The van der Waals surface area contributed by atoms with Crippen LogP contribution in [0.25, 0.3) is 11.0 Å². The highest BCUT2D eigenvalue weighted by Gasteiger charge is 2.11. The normalized spacial score (nSPS) is 10.9. The minimum absolute atomic E-state index is 0.00706. The van der Waals surface area contributed by atoms with Crippen LogP contribution in [0, 0.1) is 6.92 Å². The van der Waals surface area contributed by atoms with Crippen molar-refractivity contribution >= 4 is 16.9 Å². The topological polar surface area (TPSA) is 74.6 Å². The lowest BCUT2D eigenvalue weighted by Crippen LogP contribution is -2.26. The predicted octanol–water partition coefficient (Wildman–Crippen LogP) is 5.51. The Morgan fingerprint density at radius 1 is 0.921 bits per heavy atom. The van der Waals surface area contributed by atoms with E-state index in [1.165, 1.54) is 5.56 Å². The third kappa shape index (κ3) is 7.28. The number of hydrogen-bond donors (Lipinski definition) is 1. The maximum absolute atomic E-state index is 12.4. The van der Waals surface area contributed by atoms with Crippen molar-refractivity contribution in [1.82, 2.24) is 14.9 Å². The van der Waals surface area contributed by atoms with E-state index >= 15 is 0 Å². The molecule has 1 amide bonds. The molecule has 7 heteroatoms. The predicted molar refractivity (Wildman–Crippen MR) is 150 cm³/mol. The number of aromatic nitrogens is 2. The number of ether oxygens (including phenoxy) is 3. The summed E-state index contributed by atoms with van der Waals surface area (Å²) in [7, 11) is 3.19. The summed E-state index contributed by atoms with van der Waals surface area (Å²) in [5, 5.41) is 3.03. The largest absolute Gasteiger partial charge is 0.493 e. The standard InChI is InChI=1S/C31H37N3O4/c1-23-10-9-11-25(20-23)38-19-18-34-27-13-7-6-12-26(27)33-30(34)14-5-4-8-17-32-31(35)22-24-15-16-28(36-2)29(21-24)37-3/h6-7,9-13,15-16,20-21H,4-5,8,14,17-19,22H2,1-3H3,(H,32,35). The molecule has 3 aromatic carbocycles. The first-order valence-corrected chi connectivity index (χ1v) is 13.2. The Kier molecular flexibility index (Phi) is 9.62. The van der Waals surface area contributed by atoms with Crippen molar-refractivity contribution in [3.05, 3.63) is 83.7 Å². The molecule has 200 valence electrons. The molecular formula is C31H37N3O4. The molecule has 1 N–H and O–H groups in total. The second-order valence-corrected chi connectivity index (χ2v) is 9.36. The fourth-order valence-electron chi connectivity index (χ4n) is 4.58. The smallest absolute Gasteiger partial charge is 0.224 e. The van der Waals surface area contributed by atoms with E-state index in [9.17, 15) is 4.79 Å². The van der Waals surface area contributed by atoms with Crippen molar-refractivity contribution in [2.45, 2.75) is 45.6 Å². The summed E-state index contributed by atoms with van der Waals surface area (Å²) < 4.78 is 18.9. The van der Waals surface area contributed by atoms with Gasteiger partial charge in [0.15, 0.2) is 11.5 Å². The van der Waals surface area contributed by atoms with Crippen LogP contribution in [-0.2, 0) is 24.2 Å². The number of methoxy groups -OCH3 is 2. The summed E-state index contributed by atoms with van der Waals surface area (Å²) in [6, 6.07) is 21.9. The molecule has 1 aromatic heterocycles. The summed E-state index contributed by atoms with van der Waals surface area (Å²) in [6.07, 6.45) is 4.15. The zero-order chi connectivity index (χ0) is 26.7. The molecule has 38 heavy (non-hydrogen) atoms. The first kappa shape index (κ1) is 27.0. The van der Waals surface area contributed by atoms with Gasteiger partial charge < -0.3 is 24.1 Å². The second-order valence-electron chi connectivity index (χ2n) is 9.36. The first-order chi connectivity index (χ1) is 18.6. The van der Waals surface area contributed by atoms with E-state index in [4.69, 9.17) is 19.2 Å². The van der Waals surface area contributed by atoms with Crippen molar-refractivity contribution in [3.63, 3.8) is 0 Å². The maximum atomic E-state index is 12.4. The van der Waals surface area contributed by atoms with E-state index in [2.05, 4.69) is 47.1 Å². The fourth-order valence-corrected chi connectivity index (χ4v) is 4.58. The van der Waals surface area contributed by atoms with Crippen molar-refractivity contribution < 1.29 is 19.0 Å². The number of para-hydroxylation sites is 2. The van der Waals surface area contributed by atoms with Crippen LogP contribution in [0.2, 0.25) is 0 Å². The Hall–Kier alpha value is -4.00. The number of rotatable bonds is 14. The zero-order valence-corrected chi connectivity index (χ0v) is 22.5. The number of nitrogens with one attached hydrogen (secondary N) is 1. The molecule has 0 fully saturated rings. The van der Waals surface area contributed by atoms with Crippen LogP contribution in [0.1, 0.15) is 36.2 Å². The Balaban J connectivity index is 1.22. The van der Waals surface area contributed by atoms with Gasteiger partial charge in [0.05, 0.1) is 38.2 Å². The van der Waals surface area contributed by atoms with Gasteiger partial charge in [0.25, 0.3) is 0 Å². The zero-order valence-electron chi connectivity index (χ0n) is 22.5. The van der Waals surface area contributed by atoms with Gasteiger partial charge in [-0.05, 0) is 67.3 Å². The molecule has 0 aliphatic carbocycles.